The SMILES string of the molecule is CCOC(=O)N1CCN(C(=O)CSc2nc(Cl)cc(N3CCN(C(=O)c4ccc(Cl)cc4)C(C)C3)n2)CC1. The third-order valence-electron chi connectivity index (χ3n) is 6.45. The molecular weight excluding hydrogens is 551 g/mol. The fourth-order valence-corrected chi connectivity index (χ4v) is 5.52. The van der Waals surface area contributed by atoms with Crippen LogP contribution < -0.4 is 4.90 Å². The maximum absolute atomic E-state index is 13.0. The van der Waals surface area contributed by atoms with Gasteiger partial charge in [0.05, 0.1) is 12.4 Å². The Balaban J connectivity index is 1.31. The molecule has 0 radical (unpaired) electrons. The first-order valence-corrected chi connectivity index (χ1v) is 14.2. The van der Waals surface area contributed by atoms with E-state index in [0.29, 0.717) is 79.1 Å². The molecule has 1 unspecified atom stereocenters. The molecule has 0 N–H and O–H groups in total. The van der Waals surface area contributed by atoms with Crippen LogP contribution >= 0.6 is 35.0 Å². The summed E-state index contributed by atoms with van der Waals surface area (Å²) in [6.45, 7) is 7.59. The Morgan fingerprint density at radius 2 is 1.68 bits per heavy atom. The Hall–Kier alpha value is -2.76. The first-order chi connectivity index (χ1) is 18.2. The number of hydrogen-bond donors (Lipinski definition) is 0. The van der Waals surface area contributed by atoms with Gasteiger partial charge < -0.3 is 24.3 Å². The average molecular weight is 582 g/mol. The van der Waals surface area contributed by atoms with Gasteiger partial charge in [-0.05, 0) is 38.1 Å². The summed E-state index contributed by atoms with van der Waals surface area (Å²) in [4.78, 5) is 53.8. The first kappa shape index (κ1) is 28.3. The van der Waals surface area contributed by atoms with E-state index in [0.717, 1.165) is 0 Å². The summed E-state index contributed by atoms with van der Waals surface area (Å²) < 4.78 is 5.03. The lowest BCUT2D eigenvalue weighted by atomic mass is 10.1. The molecule has 2 fully saturated rings. The van der Waals surface area contributed by atoms with Crippen molar-refractivity contribution in [3.8, 4) is 0 Å². The second-order valence-corrected chi connectivity index (χ2v) is 10.8. The van der Waals surface area contributed by atoms with E-state index in [4.69, 9.17) is 27.9 Å². The van der Waals surface area contributed by atoms with Gasteiger partial charge in [-0.25, -0.2) is 14.8 Å². The quantitative estimate of drug-likeness (QED) is 0.291. The number of nitrogens with zero attached hydrogens (tertiary/aromatic N) is 6. The van der Waals surface area contributed by atoms with E-state index in [1.807, 2.05) is 11.8 Å². The van der Waals surface area contributed by atoms with Crippen LogP contribution in [0.25, 0.3) is 0 Å². The summed E-state index contributed by atoms with van der Waals surface area (Å²) in [5.74, 6) is 0.742. The lowest BCUT2D eigenvalue weighted by molar-refractivity contribution is -0.129. The van der Waals surface area contributed by atoms with Crippen molar-refractivity contribution >= 4 is 58.7 Å². The summed E-state index contributed by atoms with van der Waals surface area (Å²) in [6.07, 6.45) is -0.349. The number of carbonyl (C=O) groups is 3. The van der Waals surface area contributed by atoms with Gasteiger partial charge >= 0.3 is 6.09 Å². The summed E-state index contributed by atoms with van der Waals surface area (Å²) in [7, 11) is 0. The maximum atomic E-state index is 13.0. The minimum atomic E-state index is -0.349. The Morgan fingerprint density at radius 1 is 1.00 bits per heavy atom. The van der Waals surface area contributed by atoms with Crippen LogP contribution in [0.2, 0.25) is 10.2 Å². The number of anilines is 1. The van der Waals surface area contributed by atoms with Crippen molar-refractivity contribution in [2.24, 2.45) is 0 Å². The van der Waals surface area contributed by atoms with Crippen molar-refractivity contribution in [2.75, 3.05) is 63.1 Å². The number of hydrogen-bond acceptors (Lipinski definition) is 8. The van der Waals surface area contributed by atoms with E-state index in [2.05, 4.69) is 14.9 Å². The normalized spacial score (nSPS) is 17.9. The number of aromatic nitrogens is 2. The van der Waals surface area contributed by atoms with Crippen LogP contribution in [-0.4, -0.2) is 107 Å². The monoisotopic (exact) mass is 580 g/mol. The first-order valence-electron chi connectivity index (χ1n) is 12.4. The standard InChI is InChI=1S/C25H30Cl2N6O4S/c1-3-37-25(36)31-10-8-30(9-11-31)22(34)16-38-24-28-20(27)14-21(29-24)32-12-13-33(17(2)15-32)23(35)18-4-6-19(26)7-5-18/h4-7,14,17H,3,8-13,15-16H2,1-2H3. The van der Waals surface area contributed by atoms with Crippen molar-refractivity contribution in [2.45, 2.75) is 25.0 Å². The van der Waals surface area contributed by atoms with Crippen LogP contribution in [-0.2, 0) is 9.53 Å². The zero-order valence-electron chi connectivity index (χ0n) is 21.3. The number of thioether (sulfide) groups is 1. The Labute approximate surface area is 236 Å². The molecule has 1 aromatic heterocycles. The summed E-state index contributed by atoms with van der Waals surface area (Å²) in [5, 5.41) is 1.30. The van der Waals surface area contributed by atoms with E-state index in [-0.39, 0.29) is 29.7 Å². The van der Waals surface area contributed by atoms with Crippen molar-refractivity contribution in [3.63, 3.8) is 0 Å². The fraction of sp³-hybridized carbons (Fsp3) is 0.480. The fourth-order valence-electron chi connectivity index (χ4n) is 4.41. The number of ether oxygens (including phenoxy) is 1. The molecule has 0 saturated carbocycles. The zero-order chi connectivity index (χ0) is 27.2. The number of carbonyl (C=O) groups excluding carboxylic acids is 3. The second-order valence-electron chi connectivity index (χ2n) is 8.99. The molecule has 1 aromatic carbocycles. The van der Waals surface area contributed by atoms with Crippen molar-refractivity contribution in [3.05, 3.63) is 46.1 Å². The Morgan fingerprint density at radius 3 is 2.34 bits per heavy atom. The topological polar surface area (TPSA) is 99.2 Å². The third-order valence-corrected chi connectivity index (χ3v) is 7.73. The molecule has 2 aromatic rings. The number of amides is 3. The molecule has 0 aliphatic carbocycles. The number of halogens is 2. The lowest BCUT2D eigenvalue weighted by Gasteiger charge is -2.40. The summed E-state index contributed by atoms with van der Waals surface area (Å²) in [5.41, 5.74) is 0.602. The summed E-state index contributed by atoms with van der Waals surface area (Å²) in [6, 6.07) is 8.55. The largest absolute Gasteiger partial charge is 0.450 e. The lowest BCUT2D eigenvalue weighted by Crippen LogP contribution is -2.54. The van der Waals surface area contributed by atoms with E-state index < -0.39 is 0 Å². The molecule has 1 atom stereocenters. The van der Waals surface area contributed by atoms with E-state index in [1.165, 1.54) is 11.8 Å². The van der Waals surface area contributed by atoms with E-state index in [1.54, 1.807) is 47.1 Å². The average Bonchev–Trinajstić information content (AvgIpc) is 2.91. The third kappa shape index (κ3) is 7.00. The van der Waals surface area contributed by atoms with Gasteiger partial charge in [-0.1, -0.05) is 35.0 Å². The summed E-state index contributed by atoms with van der Waals surface area (Å²) >= 11 is 13.5. The van der Waals surface area contributed by atoms with Gasteiger partial charge in [0.15, 0.2) is 5.16 Å². The van der Waals surface area contributed by atoms with Crippen LogP contribution in [0, 0.1) is 0 Å². The molecule has 3 heterocycles. The van der Waals surface area contributed by atoms with Crippen molar-refractivity contribution in [1.82, 2.24) is 24.7 Å². The number of benzene rings is 1. The molecule has 10 nitrogen and oxygen atoms in total. The van der Waals surface area contributed by atoms with Crippen LogP contribution in [0.1, 0.15) is 24.2 Å². The minimum Gasteiger partial charge on any atom is -0.450 e. The van der Waals surface area contributed by atoms with E-state index in [9.17, 15) is 14.4 Å². The van der Waals surface area contributed by atoms with Gasteiger partial charge in [-0.2, -0.15) is 0 Å². The van der Waals surface area contributed by atoms with Gasteiger partial charge in [0, 0.05) is 68.5 Å². The van der Waals surface area contributed by atoms with Crippen LogP contribution in [0.5, 0.6) is 0 Å². The van der Waals surface area contributed by atoms with Gasteiger partial charge in [0.25, 0.3) is 5.91 Å². The molecule has 0 spiro atoms. The number of rotatable bonds is 6. The van der Waals surface area contributed by atoms with Crippen molar-refractivity contribution < 1.29 is 19.1 Å². The van der Waals surface area contributed by atoms with Crippen LogP contribution in [0.3, 0.4) is 0 Å². The predicted octanol–water partition coefficient (Wildman–Crippen LogP) is 3.53. The molecule has 0 bridgehead atoms. The highest BCUT2D eigenvalue weighted by molar-refractivity contribution is 7.99. The molecule has 2 saturated heterocycles. The van der Waals surface area contributed by atoms with E-state index >= 15 is 0 Å². The maximum Gasteiger partial charge on any atom is 0.409 e. The second kappa shape index (κ2) is 12.9. The van der Waals surface area contributed by atoms with Crippen LogP contribution in [0.4, 0.5) is 10.6 Å². The molecule has 38 heavy (non-hydrogen) atoms. The predicted molar refractivity (Wildman–Crippen MR) is 147 cm³/mol. The Kier molecular flexibility index (Phi) is 9.56. The van der Waals surface area contributed by atoms with Gasteiger partial charge in [0.1, 0.15) is 11.0 Å². The Bertz CT molecular complexity index is 1160. The molecule has 2 aliphatic rings. The highest BCUT2D eigenvalue weighted by atomic mass is 35.5. The molecular formula is C25H30Cl2N6O4S. The zero-order valence-corrected chi connectivity index (χ0v) is 23.6. The smallest absolute Gasteiger partial charge is 0.409 e. The molecule has 13 heteroatoms. The van der Waals surface area contributed by atoms with Gasteiger partial charge in [-0.3, -0.25) is 9.59 Å². The van der Waals surface area contributed by atoms with Gasteiger partial charge in [0.2, 0.25) is 5.91 Å². The highest BCUT2D eigenvalue weighted by Crippen LogP contribution is 2.25. The molecule has 2 aliphatic heterocycles. The molecule has 4 rings (SSSR count). The van der Waals surface area contributed by atoms with Gasteiger partial charge in [-0.15, -0.1) is 0 Å². The van der Waals surface area contributed by atoms with Crippen LogP contribution in [0.15, 0.2) is 35.5 Å². The molecule has 3 amide bonds. The molecule has 204 valence electrons. The van der Waals surface area contributed by atoms with Crippen molar-refractivity contribution in [1.29, 1.82) is 0 Å². The minimum absolute atomic E-state index is 0.0348. The number of piperazine rings is 2. The highest BCUT2D eigenvalue weighted by Gasteiger charge is 2.29.